The van der Waals surface area contributed by atoms with Crippen molar-refractivity contribution in [1.82, 2.24) is 0 Å². The Kier molecular flexibility index (Phi) is 6.05. The fraction of sp³-hybridized carbons (Fsp3) is 0.786. The number of nitrogens with zero attached hydrogens (tertiary/aromatic N) is 1. The van der Waals surface area contributed by atoms with Crippen molar-refractivity contribution in [3.63, 3.8) is 0 Å². The molecule has 0 aromatic rings. The Bertz CT molecular complexity index is 407. The second-order valence-electron chi connectivity index (χ2n) is 5.76. The van der Waals surface area contributed by atoms with Gasteiger partial charge in [0.2, 0.25) is 0 Å². The molecule has 1 amide bonds. The topological polar surface area (TPSA) is 81.8 Å². The number of ketones is 1. The van der Waals surface area contributed by atoms with Crippen molar-refractivity contribution in [1.29, 1.82) is 0 Å². The molecule has 1 heterocycles. The lowest BCUT2D eigenvalue weighted by molar-refractivity contribution is -0.120. The molecule has 0 aromatic carbocycles. The van der Waals surface area contributed by atoms with E-state index in [1.807, 2.05) is 27.7 Å². The van der Waals surface area contributed by atoms with Gasteiger partial charge in [-0.05, 0) is 27.2 Å². The van der Waals surface area contributed by atoms with Gasteiger partial charge in [0.25, 0.3) is 0 Å². The predicted octanol–water partition coefficient (Wildman–Crippen LogP) is 2.77. The summed E-state index contributed by atoms with van der Waals surface area (Å²) in [6.45, 7) is 7.56. The molecule has 1 unspecified atom stereocenters. The molecule has 0 spiro atoms. The van der Waals surface area contributed by atoms with E-state index < -0.39 is 11.7 Å². The van der Waals surface area contributed by atoms with Crippen molar-refractivity contribution < 1.29 is 14.3 Å². The van der Waals surface area contributed by atoms with Gasteiger partial charge in [0, 0.05) is 18.6 Å². The number of carbonyl (C=O) groups excluding carboxylic acids is 2. The van der Waals surface area contributed by atoms with Crippen LogP contribution in [0.3, 0.4) is 0 Å². The largest absolute Gasteiger partial charge is 0.444 e. The van der Waals surface area contributed by atoms with Crippen LogP contribution in [-0.2, 0) is 9.53 Å². The first-order chi connectivity index (χ1) is 9.25. The maximum atomic E-state index is 11.9. The normalized spacial score (nSPS) is 20.4. The third-order valence-electron chi connectivity index (χ3n) is 3.19. The molecular formula is C14H24N2O3S. The second kappa shape index (κ2) is 7.11. The molecule has 1 aliphatic rings. The number of aliphatic imine (C=N–C) groups is 1. The summed E-state index contributed by atoms with van der Waals surface area (Å²) in [5.74, 6) is 0.946. The zero-order valence-corrected chi connectivity index (χ0v) is 13.5. The molecule has 0 saturated carbocycles. The van der Waals surface area contributed by atoms with Crippen molar-refractivity contribution in [2.75, 3.05) is 5.75 Å². The van der Waals surface area contributed by atoms with Gasteiger partial charge in [0.1, 0.15) is 11.4 Å². The molecular weight excluding hydrogens is 276 g/mol. The Morgan fingerprint density at radius 3 is 2.75 bits per heavy atom. The highest BCUT2D eigenvalue weighted by Gasteiger charge is 2.31. The molecule has 1 rings (SSSR count). The van der Waals surface area contributed by atoms with Gasteiger partial charge in [-0.1, -0.05) is 6.92 Å². The van der Waals surface area contributed by atoms with Crippen LogP contribution in [0.4, 0.5) is 4.79 Å². The van der Waals surface area contributed by atoms with Crippen molar-refractivity contribution in [2.45, 2.75) is 58.6 Å². The quantitative estimate of drug-likeness (QED) is 0.783. The molecule has 0 fully saturated rings. The Morgan fingerprint density at radius 1 is 1.55 bits per heavy atom. The van der Waals surface area contributed by atoms with Crippen LogP contribution in [0.2, 0.25) is 0 Å². The summed E-state index contributed by atoms with van der Waals surface area (Å²) in [7, 11) is 0. The Balaban J connectivity index is 2.60. The van der Waals surface area contributed by atoms with Crippen LogP contribution in [0.15, 0.2) is 4.99 Å². The molecule has 0 radical (unpaired) electrons. The number of thioether (sulfide) groups is 1. The molecule has 2 N–H and O–H groups in total. The van der Waals surface area contributed by atoms with E-state index in [0.29, 0.717) is 12.8 Å². The van der Waals surface area contributed by atoms with E-state index in [-0.39, 0.29) is 17.7 Å². The molecule has 114 valence electrons. The van der Waals surface area contributed by atoms with Gasteiger partial charge in [0.05, 0.1) is 17.0 Å². The molecule has 0 saturated heterocycles. The van der Waals surface area contributed by atoms with Gasteiger partial charge in [-0.3, -0.25) is 9.79 Å². The summed E-state index contributed by atoms with van der Waals surface area (Å²) in [5.41, 5.74) is 4.42. The number of rotatable bonds is 7. The van der Waals surface area contributed by atoms with E-state index in [1.54, 1.807) is 11.8 Å². The van der Waals surface area contributed by atoms with E-state index in [1.165, 1.54) is 0 Å². The molecule has 2 atom stereocenters. The van der Waals surface area contributed by atoms with E-state index in [9.17, 15) is 9.59 Å². The van der Waals surface area contributed by atoms with Gasteiger partial charge in [-0.15, -0.1) is 11.8 Å². The van der Waals surface area contributed by atoms with E-state index in [0.717, 1.165) is 17.2 Å². The van der Waals surface area contributed by atoms with Crippen LogP contribution < -0.4 is 5.73 Å². The number of primary amides is 1. The minimum absolute atomic E-state index is 0.0706. The van der Waals surface area contributed by atoms with Crippen LogP contribution in [0.25, 0.3) is 0 Å². The fourth-order valence-electron chi connectivity index (χ4n) is 2.26. The zero-order chi connectivity index (χ0) is 15.3. The average Bonchev–Trinajstić information content (AvgIpc) is 2.73. The van der Waals surface area contributed by atoms with Crippen LogP contribution in [0.1, 0.15) is 47.0 Å². The van der Waals surface area contributed by atoms with Crippen molar-refractivity contribution in [3.8, 4) is 0 Å². The average molecular weight is 300 g/mol. The summed E-state index contributed by atoms with van der Waals surface area (Å²) in [6, 6.07) is 0.0706. The molecule has 1 aliphatic heterocycles. The Hall–Kier alpha value is -1.04. The first-order valence-electron chi connectivity index (χ1n) is 6.97. The number of amides is 1. The van der Waals surface area contributed by atoms with Gasteiger partial charge in [0.15, 0.2) is 0 Å². The summed E-state index contributed by atoms with van der Waals surface area (Å²) < 4.78 is 5.07. The number of hydrogen-bond acceptors (Lipinski definition) is 5. The fourth-order valence-corrected chi connectivity index (χ4v) is 3.42. The second-order valence-corrected chi connectivity index (χ2v) is 6.80. The minimum atomic E-state index is -0.767. The molecule has 20 heavy (non-hydrogen) atoms. The predicted molar refractivity (Wildman–Crippen MR) is 82.1 cm³/mol. The molecule has 0 aromatic heterocycles. The highest BCUT2D eigenvalue weighted by molar-refractivity contribution is 8.14. The van der Waals surface area contributed by atoms with E-state index >= 15 is 0 Å². The molecule has 0 aliphatic carbocycles. The monoisotopic (exact) mass is 300 g/mol. The smallest absolute Gasteiger partial charge is 0.405 e. The minimum Gasteiger partial charge on any atom is -0.444 e. The highest BCUT2D eigenvalue weighted by Crippen LogP contribution is 2.30. The maximum absolute atomic E-state index is 11.9. The summed E-state index contributed by atoms with van der Waals surface area (Å²) in [5, 5.41) is 0.906. The Morgan fingerprint density at radius 2 is 2.20 bits per heavy atom. The lowest BCUT2D eigenvalue weighted by Gasteiger charge is -2.25. The van der Waals surface area contributed by atoms with E-state index in [4.69, 9.17) is 10.5 Å². The van der Waals surface area contributed by atoms with Crippen LogP contribution >= 0.6 is 11.8 Å². The van der Waals surface area contributed by atoms with Crippen molar-refractivity contribution >= 4 is 28.7 Å². The third kappa shape index (κ3) is 5.15. The van der Waals surface area contributed by atoms with Gasteiger partial charge >= 0.3 is 6.09 Å². The lowest BCUT2D eigenvalue weighted by atomic mass is 9.99. The number of ether oxygens (including phenoxy) is 1. The number of nitrogens with two attached hydrogens (primary N) is 1. The first kappa shape index (κ1) is 17.0. The van der Waals surface area contributed by atoms with Crippen LogP contribution in [0, 0.1) is 5.92 Å². The van der Waals surface area contributed by atoms with Crippen LogP contribution in [0.5, 0.6) is 0 Å². The van der Waals surface area contributed by atoms with Gasteiger partial charge < -0.3 is 10.5 Å². The zero-order valence-electron chi connectivity index (χ0n) is 12.6. The van der Waals surface area contributed by atoms with E-state index in [2.05, 4.69) is 4.99 Å². The molecule has 5 nitrogen and oxygen atoms in total. The molecule has 0 bridgehead atoms. The van der Waals surface area contributed by atoms with Crippen molar-refractivity contribution in [3.05, 3.63) is 0 Å². The number of hydrogen-bond donors (Lipinski definition) is 1. The molecule has 6 heteroatoms. The summed E-state index contributed by atoms with van der Waals surface area (Å²) in [6.07, 6.45) is 1.31. The van der Waals surface area contributed by atoms with Crippen LogP contribution in [-0.4, -0.2) is 34.3 Å². The summed E-state index contributed by atoms with van der Waals surface area (Å²) in [4.78, 5) is 27.3. The maximum Gasteiger partial charge on any atom is 0.405 e. The number of carbonyl (C=O) groups is 2. The van der Waals surface area contributed by atoms with Crippen molar-refractivity contribution in [2.24, 2.45) is 16.6 Å². The number of Topliss-reactive ketones (excluding diaryl/α,β-unsaturated/α-hetero) is 1. The van der Waals surface area contributed by atoms with Gasteiger partial charge in [-0.2, -0.15) is 0 Å². The highest BCUT2D eigenvalue weighted by atomic mass is 32.2. The standard InChI is InChI=1S/C14H24N2O3S/c1-5-6-11(17)9(2)12-16-10(8-20-12)7-14(3,4)19-13(15)18/h9-10H,5-8H2,1-4H3,(H2,15,18)/t9-,10?/m0/s1. The lowest BCUT2D eigenvalue weighted by Crippen LogP contribution is -2.34. The van der Waals surface area contributed by atoms with Gasteiger partial charge in [-0.25, -0.2) is 4.79 Å². The SMILES string of the molecule is CCCC(=O)[C@H](C)C1=NC(CC(C)(C)OC(N)=O)CS1. The third-order valence-corrected chi connectivity index (χ3v) is 4.49. The Labute approximate surface area is 124 Å². The first-order valence-corrected chi connectivity index (χ1v) is 7.95. The summed E-state index contributed by atoms with van der Waals surface area (Å²) >= 11 is 1.63.